The van der Waals surface area contributed by atoms with Crippen LogP contribution < -0.4 is 0 Å². The van der Waals surface area contributed by atoms with Crippen LogP contribution in [-0.4, -0.2) is 14.5 Å². The summed E-state index contributed by atoms with van der Waals surface area (Å²) in [5, 5.41) is 2.56. The van der Waals surface area contributed by atoms with Crippen LogP contribution in [0.2, 0.25) is 0 Å². The highest BCUT2D eigenvalue weighted by molar-refractivity contribution is 8.05. The third-order valence-corrected chi connectivity index (χ3v) is 12.4. The predicted octanol–water partition coefficient (Wildman–Crippen LogP) is 11.8. The van der Waals surface area contributed by atoms with E-state index in [-0.39, 0.29) is 5.41 Å². The SMILES string of the molecule is CC1(C)c2ccccc2-c2ccc3c(c21)c1cc2c(cc1n3-c1cc(-c3ccccc3)nc(-c3ccccc3)n1)Sc1ccccc1S2. The van der Waals surface area contributed by atoms with Gasteiger partial charge in [-0.1, -0.05) is 140 Å². The Bertz CT molecular complexity index is 2530. The normalized spacial score (nSPS) is 14.0. The van der Waals surface area contributed by atoms with Gasteiger partial charge in [-0.05, 0) is 52.6 Å². The number of hydrogen-bond donors (Lipinski definition) is 0. The van der Waals surface area contributed by atoms with E-state index in [4.69, 9.17) is 9.97 Å². The van der Waals surface area contributed by atoms with E-state index in [0.29, 0.717) is 5.82 Å². The lowest BCUT2D eigenvalue weighted by atomic mass is 9.80. The maximum absolute atomic E-state index is 5.33. The van der Waals surface area contributed by atoms with E-state index in [1.807, 2.05) is 35.7 Å². The Balaban J connectivity index is 1.32. The minimum atomic E-state index is -0.162. The van der Waals surface area contributed by atoms with E-state index < -0.39 is 0 Å². The monoisotopic (exact) mass is 651 g/mol. The minimum Gasteiger partial charge on any atom is -0.294 e. The zero-order valence-corrected chi connectivity index (χ0v) is 28.1. The van der Waals surface area contributed by atoms with Crippen molar-refractivity contribution in [2.24, 2.45) is 0 Å². The summed E-state index contributed by atoms with van der Waals surface area (Å²) in [6.07, 6.45) is 0. The molecule has 0 saturated carbocycles. The Morgan fingerprint density at radius 1 is 0.542 bits per heavy atom. The van der Waals surface area contributed by atoms with E-state index in [1.54, 1.807) is 0 Å². The molecule has 2 aliphatic rings. The smallest absolute Gasteiger partial charge is 0.162 e. The molecule has 0 radical (unpaired) electrons. The summed E-state index contributed by atoms with van der Waals surface area (Å²) < 4.78 is 2.39. The molecule has 10 rings (SSSR count). The van der Waals surface area contributed by atoms with Crippen molar-refractivity contribution in [2.75, 3.05) is 0 Å². The second-order valence-electron chi connectivity index (χ2n) is 13.0. The van der Waals surface area contributed by atoms with Crippen LogP contribution in [0, 0.1) is 0 Å². The van der Waals surface area contributed by atoms with Crippen LogP contribution in [0.15, 0.2) is 159 Å². The highest BCUT2D eigenvalue weighted by atomic mass is 32.2. The third kappa shape index (κ3) is 4.11. The first-order valence-electron chi connectivity index (χ1n) is 16.3. The first kappa shape index (κ1) is 28.0. The average Bonchev–Trinajstić information content (AvgIpc) is 3.57. The van der Waals surface area contributed by atoms with Gasteiger partial charge in [-0.2, -0.15) is 0 Å². The molecule has 0 bridgehead atoms. The molecule has 3 nitrogen and oxygen atoms in total. The molecule has 0 spiro atoms. The maximum Gasteiger partial charge on any atom is 0.162 e. The zero-order valence-electron chi connectivity index (χ0n) is 26.4. The van der Waals surface area contributed by atoms with Gasteiger partial charge in [0.25, 0.3) is 0 Å². The van der Waals surface area contributed by atoms with Gasteiger partial charge in [-0.15, -0.1) is 0 Å². The van der Waals surface area contributed by atoms with E-state index in [1.165, 1.54) is 52.6 Å². The standard InChI is InChI=1S/C43H29N3S2/c1-43(2)31-18-10-9-17-28(31)29-21-22-33-40(41(29)43)30-23-37-38(48-36-20-12-11-19-35(36)47-37)25-34(30)46(33)39-24-32(26-13-5-3-6-14-26)44-42(45-39)27-15-7-4-8-16-27/h3-25H,1-2H3. The molecule has 228 valence electrons. The van der Waals surface area contributed by atoms with E-state index >= 15 is 0 Å². The Morgan fingerprint density at radius 3 is 1.94 bits per heavy atom. The fraction of sp³-hybridized carbons (Fsp3) is 0.0698. The quantitative estimate of drug-likeness (QED) is 0.190. The van der Waals surface area contributed by atoms with Crippen molar-refractivity contribution in [1.29, 1.82) is 0 Å². The third-order valence-electron chi connectivity index (χ3n) is 9.84. The van der Waals surface area contributed by atoms with Crippen LogP contribution in [0.5, 0.6) is 0 Å². The van der Waals surface area contributed by atoms with Gasteiger partial charge in [0, 0.05) is 53.0 Å². The van der Waals surface area contributed by atoms with Crippen molar-refractivity contribution < 1.29 is 0 Å². The van der Waals surface area contributed by atoms with Crippen molar-refractivity contribution in [3.8, 4) is 39.6 Å². The topological polar surface area (TPSA) is 30.7 Å². The molecule has 1 aliphatic heterocycles. The molecule has 0 atom stereocenters. The van der Waals surface area contributed by atoms with Crippen molar-refractivity contribution >= 4 is 45.3 Å². The number of hydrogen-bond acceptors (Lipinski definition) is 4. The first-order chi connectivity index (χ1) is 23.5. The molecule has 6 aromatic carbocycles. The largest absolute Gasteiger partial charge is 0.294 e. The van der Waals surface area contributed by atoms with E-state index in [2.05, 4.69) is 146 Å². The molecular formula is C43H29N3S2. The van der Waals surface area contributed by atoms with Crippen molar-refractivity contribution in [2.45, 2.75) is 38.8 Å². The lowest BCUT2D eigenvalue weighted by molar-refractivity contribution is 0.666. The fourth-order valence-electron chi connectivity index (χ4n) is 7.67. The molecule has 0 amide bonds. The molecule has 0 N–H and O–H groups in total. The van der Waals surface area contributed by atoms with Gasteiger partial charge < -0.3 is 0 Å². The number of rotatable bonds is 3. The highest BCUT2D eigenvalue weighted by Crippen LogP contribution is 2.55. The second kappa shape index (κ2) is 10.4. The van der Waals surface area contributed by atoms with Crippen molar-refractivity contribution in [3.63, 3.8) is 0 Å². The lowest BCUT2D eigenvalue weighted by Crippen LogP contribution is -2.15. The molecule has 1 aliphatic carbocycles. The second-order valence-corrected chi connectivity index (χ2v) is 15.2. The summed E-state index contributed by atoms with van der Waals surface area (Å²) in [6, 6.07) is 50.0. The Morgan fingerprint density at radius 2 is 1.19 bits per heavy atom. The van der Waals surface area contributed by atoms with Gasteiger partial charge in [0.05, 0.1) is 16.7 Å². The predicted molar refractivity (Wildman–Crippen MR) is 199 cm³/mol. The molecule has 2 aromatic heterocycles. The fourth-order valence-corrected chi connectivity index (χ4v) is 9.94. The maximum atomic E-state index is 5.33. The summed E-state index contributed by atoms with van der Waals surface area (Å²) in [6.45, 7) is 4.76. The van der Waals surface area contributed by atoms with Gasteiger partial charge in [-0.25, -0.2) is 9.97 Å². The van der Waals surface area contributed by atoms with E-state index in [9.17, 15) is 0 Å². The van der Waals surface area contributed by atoms with Crippen LogP contribution in [0.1, 0.15) is 25.0 Å². The Kier molecular flexibility index (Phi) is 6.09. The van der Waals surface area contributed by atoms with E-state index in [0.717, 1.165) is 33.7 Å². The van der Waals surface area contributed by atoms with Gasteiger partial charge in [0.1, 0.15) is 5.82 Å². The molecule has 0 unspecified atom stereocenters. The average molecular weight is 652 g/mol. The Labute approximate surface area is 287 Å². The molecule has 8 aromatic rings. The van der Waals surface area contributed by atoms with Crippen molar-refractivity contribution in [1.82, 2.24) is 14.5 Å². The lowest BCUT2D eigenvalue weighted by Gasteiger charge is -2.23. The molecule has 0 fully saturated rings. The van der Waals surface area contributed by atoms with Crippen LogP contribution in [0.3, 0.4) is 0 Å². The minimum absolute atomic E-state index is 0.162. The summed E-state index contributed by atoms with van der Waals surface area (Å²) >= 11 is 3.73. The van der Waals surface area contributed by atoms with Gasteiger partial charge in [0.2, 0.25) is 0 Å². The van der Waals surface area contributed by atoms with Gasteiger partial charge in [-0.3, -0.25) is 4.57 Å². The van der Waals surface area contributed by atoms with Crippen LogP contribution >= 0.6 is 23.5 Å². The number of aromatic nitrogens is 3. The molecule has 0 saturated heterocycles. The van der Waals surface area contributed by atoms with Crippen LogP contribution in [0.4, 0.5) is 0 Å². The molecule has 3 heterocycles. The molecule has 48 heavy (non-hydrogen) atoms. The Hall–Kier alpha value is -5.10. The highest BCUT2D eigenvalue weighted by Gasteiger charge is 2.38. The number of nitrogens with zero attached hydrogens (tertiary/aromatic N) is 3. The van der Waals surface area contributed by atoms with Gasteiger partial charge >= 0.3 is 0 Å². The summed E-state index contributed by atoms with van der Waals surface area (Å²) in [7, 11) is 0. The zero-order chi connectivity index (χ0) is 32.0. The van der Waals surface area contributed by atoms with Crippen LogP contribution in [-0.2, 0) is 5.41 Å². The summed E-state index contributed by atoms with van der Waals surface area (Å²) in [4.78, 5) is 15.6. The summed E-state index contributed by atoms with van der Waals surface area (Å²) in [5.41, 5.74) is 10.6. The molecular weight excluding hydrogens is 623 g/mol. The summed E-state index contributed by atoms with van der Waals surface area (Å²) in [5.74, 6) is 1.58. The number of benzene rings is 6. The van der Waals surface area contributed by atoms with Gasteiger partial charge in [0.15, 0.2) is 5.82 Å². The number of fused-ring (bicyclic) bond motifs is 9. The molecule has 5 heteroatoms. The van der Waals surface area contributed by atoms with Crippen molar-refractivity contribution in [3.05, 3.63) is 151 Å². The first-order valence-corrected chi connectivity index (χ1v) is 17.9. The van der Waals surface area contributed by atoms with Crippen LogP contribution in [0.25, 0.3) is 61.4 Å².